The number of Topliss-reactive ketones (excluding diaryl/α,β-unsaturated/α-hetero) is 1. The molecule has 0 radical (unpaired) electrons. The molecular formula is C17H13Cl2N3O. The molecule has 0 amide bonds. The molecule has 1 heterocycles. The van der Waals surface area contributed by atoms with Crippen molar-refractivity contribution in [2.75, 3.05) is 0 Å². The van der Waals surface area contributed by atoms with Crippen LogP contribution in [0.2, 0.25) is 10.0 Å². The lowest BCUT2D eigenvalue weighted by molar-refractivity contribution is 0.0916. The van der Waals surface area contributed by atoms with E-state index in [1.807, 2.05) is 24.3 Å². The van der Waals surface area contributed by atoms with Crippen LogP contribution in [0.25, 0.3) is 0 Å². The molecule has 1 atom stereocenters. The number of aromatic nitrogens is 3. The van der Waals surface area contributed by atoms with Crippen LogP contribution in [0.1, 0.15) is 22.0 Å². The molecule has 2 aromatic carbocycles. The summed E-state index contributed by atoms with van der Waals surface area (Å²) in [6.45, 7) is 0. The minimum atomic E-state index is -0.472. The lowest BCUT2D eigenvalue weighted by Gasteiger charge is -2.16. The fourth-order valence-corrected chi connectivity index (χ4v) is 2.59. The predicted molar refractivity (Wildman–Crippen MR) is 90.0 cm³/mol. The molecule has 4 nitrogen and oxygen atoms in total. The zero-order valence-electron chi connectivity index (χ0n) is 12.1. The van der Waals surface area contributed by atoms with Gasteiger partial charge in [0.2, 0.25) is 0 Å². The SMILES string of the molecule is O=C(c1ccc(Cl)cc1)C(Cc1ccc(Cl)cc1)n1cncn1. The first kappa shape index (κ1) is 15.7. The topological polar surface area (TPSA) is 47.8 Å². The molecule has 0 aliphatic heterocycles. The second-order valence-corrected chi connectivity index (χ2v) is 5.97. The zero-order valence-corrected chi connectivity index (χ0v) is 13.6. The van der Waals surface area contributed by atoms with Crippen LogP contribution in [0.5, 0.6) is 0 Å². The molecule has 0 bridgehead atoms. The Kier molecular flexibility index (Phi) is 4.74. The number of rotatable bonds is 5. The van der Waals surface area contributed by atoms with Crippen molar-refractivity contribution < 1.29 is 4.79 Å². The minimum Gasteiger partial charge on any atom is -0.292 e. The van der Waals surface area contributed by atoms with Crippen molar-refractivity contribution in [3.8, 4) is 0 Å². The smallest absolute Gasteiger partial charge is 0.187 e. The molecule has 6 heteroatoms. The summed E-state index contributed by atoms with van der Waals surface area (Å²) in [6, 6.07) is 13.8. The molecule has 0 spiro atoms. The molecule has 0 N–H and O–H groups in total. The van der Waals surface area contributed by atoms with Gasteiger partial charge in [0.1, 0.15) is 18.7 Å². The van der Waals surface area contributed by atoms with Crippen LogP contribution in [0, 0.1) is 0 Å². The van der Waals surface area contributed by atoms with E-state index in [0.29, 0.717) is 22.0 Å². The number of carbonyl (C=O) groups is 1. The number of carbonyl (C=O) groups excluding carboxylic acids is 1. The number of ketones is 1. The molecule has 3 rings (SSSR count). The van der Waals surface area contributed by atoms with Crippen molar-refractivity contribution in [2.24, 2.45) is 0 Å². The highest BCUT2D eigenvalue weighted by molar-refractivity contribution is 6.30. The predicted octanol–water partition coefficient (Wildman–Crippen LogP) is 4.25. The number of hydrogen-bond acceptors (Lipinski definition) is 3. The maximum Gasteiger partial charge on any atom is 0.187 e. The quantitative estimate of drug-likeness (QED) is 0.649. The van der Waals surface area contributed by atoms with Gasteiger partial charge in [-0.2, -0.15) is 5.10 Å². The Balaban J connectivity index is 1.91. The number of benzene rings is 2. The van der Waals surface area contributed by atoms with E-state index in [1.54, 1.807) is 35.3 Å². The monoisotopic (exact) mass is 345 g/mol. The second-order valence-electron chi connectivity index (χ2n) is 5.09. The van der Waals surface area contributed by atoms with Crippen molar-refractivity contribution in [3.05, 3.63) is 82.4 Å². The second kappa shape index (κ2) is 6.94. The van der Waals surface area contributed by atoms with Crippen LogP contribution in [-0.2, 0) is 6.42 Å². The van der Waals surface area contributed by atoms with E-state index in [-0.39, 0.29) is 5.78 Å². The maximum absolute atomic E-state index is 12.9. The Morgan fingerprint density at radius 2 is 1.61 bits per heavy atom. The van der Waals surface area contributed by atoms with Crippen molar-refractivity contribution in [1.82, 2.24) is 14.8 Å². The zero-order chi connectivity index (χ0) is 16.2. The Bertz CT molecular complexity index is 784. The standard InChI is InChI=1S/C17H13Cl2N3O/c18-14-5-1-12(2-6-14)9-16(22-11-20-10-21-22)17(23)13-3-7-15(19)8-4-13/h1-8,10-11,16H,9H2. The van der Waals surface area contributed by atoms with E-state index in [9.17, 15) is 4.79 Å². The molecule has 0 aliphatic rings. The largest absolute Gasteiger partial charge is 0.292 e. The third-order valence-electron chi connectivity index (χ3n) is 3.53. The Morgan fingerprint density at radius 1 is 1.00 bits per heavy atom. The first-order valence-electron chi connectivity index (χ1n) is 7.02. The Hall–Kier alpha value is -2.17. The average molecular weight is 346 g/mol. The first-order valence-corrected chi connectivity index (χ1v) is 7.77. The van der Waals surface area contributed by atoms with E-state index >= 15 is 0 Å². The van der Waals surface area contributed by atoms with Gasteiger partial charge < -0.3 is 0 Å². The van der Waals surface area contributed by atoms with Crippen molar-refractivity contribution in [1.29, 1.82) is 0 Å². The van der Waals surface area contributed by atoms with E-state index in [1.165, 1.54) is 6.33 Å². The molecular weight excluding hydrogens is 333 g/mol. The van der Waals surface area contributed by atoms with E-state index < -0.39 is 6.04 Å². The van der Waals surface area contributed by atoms with Gasteiger partial charge in [-0.3, -0.25) is 4.79 Å². The van der Waals surface area contributed by atoms with Crippen molar-refractivity contribution in [2.45, 2.75) is 12.5 Å². The summed E-state index contributed by atoms with van der Waals surface area (Å²) in [4.78, 5) is 16.8. The molecule has 3 aromatic rings. The summed E-state index contributed by atoms with van der Waals surface area (Å²) in [5.41, 5.74) is 1.58. The normalized spacial score (nSPS) is 12.1. The molecule has 23 heavy (non-hydrogen) atoms. The summed E-state index contributed by atoms with van der Waals surface area (Å²) in [5, 5.41) is 5.38. The fraction of sp³-hybridized carbons (Fsp3) is 0.118. The molecule has 0 aliphatic carbocycles. The molecule has 116 valence electrons. The summed E-state index contributed by atoms with van der Waals surface area (Å²) in [7, 11) is 0. The molecule has 0 saturated carbocycles. The van der Waals surface area contributed by atoms with Gasteiger partial charge in [0.05, 0.1) is 0 Å². The highest BCUT2D eigenvalue weighted by atomic mass is 35.5. The lowest BCUT2D eigenvalue weighted by Crippen LogP contribution is -2.22. The van der Waals surface area contributed by atoms with Crippen LogP contribution in [0.3, 0.4) is 0 Å². The summed E-state index contributed by atoms with van der Waals surface area (Å²) in [6.07, 6.45) is 3.47. The van der Waals surface area contributed by atoms with Gasteiger partial charge in [-0.25, -0.2) is 9.67 Å². The average Bonchev–Trinajstić information content (AvgIpc) is 3.08. The molecule has 0 fully saturated rings. The van der Waals surface area contributed by atoms with Crippen LogP contribution >= 0.6 is 23.2 Å². The van der Waals surface area contributed by atoms with Crippen molar-refractivity contribution in [3.63, 3.8) is 0 Å². The van der Waals surface area contributed by atoms with Gasteiger partial charge in [-0.1, -0.05) is 35.3 Å². The third-order valence-corrected chi connectivity index (χ3v) is 4.03. The lowest BCUT2D eigenvalue weighted by atomic mass is 9.98. The van der Waals surface area contributed by atoms with Gasteiger partial charge >= 0.3 is 0 Å². The van der Waals surface area contributed by atoms with E-state index in [0.717, 1.165) is 5.56 Å². The number of halogens is 2. The molecule has 1 unspecified atom stereocenters. The van der Waals surface area contributed by atoms with Gasteiger partial charge in [0.25, 0.3) is 0 Å². The number of nitrogens with zero attached hydrogens (tertiary/aromatic N) is 3. The maximum atomic E-state index is 12.9. The summed E-state index contributed by atoms with van der Waals surface area (Å²) in [5.74, 6) is -0.0397. The Labute approximate surface area is 143 Å². The van der Waals surface area contributed by atoms with Crippen molar-refractivity contribution >= 4 is 29.0 Å². The third kappa shape index (κ3) is 3.78. The highest BCUT2D eigenvalue weighted by Crippen LogP contribution is 2.21. The number of hydrogen-bond donors (Lipinski definition) is 0. The molecule has 0 saturated heterocycles. The van der Waals surface area contributed by atoms with Crippen LogP contribution in [0.15, 0.2) is 61.2 Å². The van der Waals surface area contributed by atoms with E-state index in [2.05, 4.69) is 10.1 Å². The summed E-state index contributed by atoms with van der Waals surface area (Å²) >= 11 is 11.8. The van der Waals surface area contributed by atoms with Crippen LogP contribution in [0.4, 0.5) is 0 Å². The Morgan fingerprint density at radius 3 is 2.17 bits per heavy atom. The van der Waals surface area contributed by atoms with Gasteiger partial charge in [-0.15, -0.1) is 0 Å². The van der Waals surface area contributed by atoms with E-state index in [4.69, 9.17) is 23.2 Å². The first-order chi connectivity index (χ1) is 11.1. The van der Waals surface area contributed by atoms with Gasteiger partial charge in [-0.05, 0) is 42.0 Å². The van der Waals surface area contributed by atoms with Crippen LogP contribution < -0.4 is 0 Å². The molecule has 1 aromatic heterocycles. The fourth-order valence-electron chi connectivity index (χ4n) is 2.33. The minimum absolute atomic E-state index is 0.0397. The van der Waals surface area contributed by atoms with Crippen LogP contribution in [-0.4, -0.2) is 20.5 Å². The highest BCUT2D eigenvalue weighted by Gasteiger charge is 2.23. The summed E-state index contributed by atoms with van der Waals surface area (Å²) < 4.78 is 1.57. The van der Waals surface area contributed by atoms with Gasteiger partial charge in [0.15, 0.2) is 5.78 Å². The van der Waals surface area contributed by atoms with Gasteiger partial charge in [0, 0.05) is 22.0 Å².